The summed E-state index contributed by atoms with van der Waals surface area (Å²) in [6.45, 7) is 7.10. The third-order valence-electron chi connectivity index (χ3n) is 10.4. The van der Waals surface area contributed by atoms with Crippen LogP contribution in [0.4, 0.5) is 9.59 Å². The minimum Gasteiger partial charge on any atom is -0.461 e. The molecule has 8 amide bonds. The highest BCUT2D eigenvalue weighted by Gasteiger charge is 2.36. The van der Waals surface area contributed by atoms with Crippen molar-refractivity contribution in [1.82, 2.24) is 42.5 Å². The fourth-order valence-corrected chi connectivity index (χ4v) is 8.48. The monoisotopic (exact) mass is 1000 g/mol. The van der Waals surface area contributed by atoms with Crippen LogP contribution in [0.1, 0.15) is 52.7 Å². The molecule has 0 saturated carbocycles. The molecule has 2 fully saturated rings. The zero-order chi connectivity index (χ0) is 50.6. The van der Waals surface area contributed by atoms with Gasteiger partial charge in [0, 0.05) is 16.6 Å². The highest BCUT2D eigenvalue weighted by Crippen LogP contribution is 2.17. The van der Waals surface area contributed by atoms with Gasteiger partial charge in [0.05, 0.1) is 0 Å². The number of rotatable bonds is 8. The van der Waals surface area contributed by atoms with Crippen molar-refractivity contribution in [1.29, 1.82) is 0 Å². The first kappa shape index (κ1) is 55.0. The van der Waals surface area contributed by atoms with Gasteiger partial charge in [0.1, 0.15) is 74.8 Å². The molecule has 2 aliphatic rings. The number of thioether (sulfide) groups is 2. The molecule has 2 bridgehead atoms. The Hall–Kier alpha value is -6.56. The molecule has 0 aliphatic carbocycles. The first-order valence-corrected chi connectivity index (χ1v) is 24.4. The van der Waals surface area contributed by atoms with Gasteiger partial charge in [0.2, 0.25) is 35.4 Å². The number of hydrogen-bond donors (Lipinski definition) is 8. The van der Waals surface area contributed by atoms with E-state index in [1.807, 2.05) is 0 Å². The SMILES string of the molecule is CC(C)[C@@H]1NC(=O)[C@@H]2CSCSC[C@H](NC(=O)[C@H](C)NC(=O)[C@H](NC(=O)OCc3ccccc3)COC1=O)C(=O)N[C@@H](C(C)C)C(=O)OC[C@@H](NC(=O)OCc1ccccc1)C(=O)N[C@@H](C)C(=O)N2. The van der Waals surface area contributed by atoms with E-state index in [1.54, 1.807) is 88.4 Å². The molecule has 22 nitrogen and oxygen atoms in total. The maximum absolute atomic E-state index is 14.0. The Morgan fingerprint density at radius 2 is 0.913 bits per heavy atom. The summed E-state index contributed by atoms with van der Waals surface area (Å²) < 4.78 is 21.5. The minimum absolute atomic E-state index is 0.101. The molecule has 4 rings (SSSR count). The Morgan fingerprint density at radius 3 is 1.26 bits per heavy atom. The fraction of sp³-hybridized carbons (Fsp3) is 0.511. The number of fused-ring (bicyclic) bond motifs is 6. The lowest BCUT2D eigenvalue weighted by molar-refractivity contribution is -0.152. The predicted octanol–water partition coefficient (Wildman–Crippen LogP) is 0.375. The summed E-state index contributed by atoms with van der Waals surface area (Å²) in [5, 5.41) is 20.2. The van der Waals surface area contributed by atoms with Gasteiger partial charge in [0.15, 0.2) is 0 Å². The van der Waals surface area contributed by atoms with Crippen molar-refractivity contribution < 1.29 is 66.9 Å². The minimum atomic E-state index is -1.64. The Morgan fingerprint density at radius 1 is 0.551 bits per heavy atom. The van der Waals surface area contributed by atoms with Crippen LogP contribution in [0, 0.1) is 11.8 Å². The van der Waals surface area contributed by atoms with Gasteiger partial charge in [-0.2, -0.15) is 0 Å². The van der Waals surface area contributed by atoms with Crippen LogP contribution < -0.4 is 42.5 Å². The number of carbonyl (C=O) groups excluding carboxylic acids is 10. The lowest BCUT2D eigenvalue weighted by atomic mass is 10.0. The van der Waals surface area contributed by atoms with Crippen molar-refractivity contribution in [3.05, 3.63) is 71.8 Å². The smallest absolute Gasteiger partial charge is 0.408 e. The van der Waals surface area contributed by atoms with E-state index < -0.39 is 133 Å². The van der Waals surface area contributed by atoms with Crippen LogP contribution in [0.3, 0.4) is 0 Å². The van der Waals surface area contributed by atoms with Crippen molar-refractivity contribution in [2.75, 3.05) is 29.8 Å². The van der Waals surface area contributed by atoms with Crippen LogP contribution in [0.2, 0.25) is 0 Å². The highest BCUT2D eigenvalue weighted by atomic mass is 32.2. The number of nitrogens with one attached hydrogen (secondary N) is 8. The summed E-state index contributed by atoms with van der Waals surface area (Å²) >= 11 is 2.31. The Bertz CT molecular complexity index is 1990. The highest BCUT2D eigenvalue weighted by molar-refractivity contribution is 8.16. The van der Waals surface area contributed by atoms with Crippen molar-refractivity contribution >= 4 is 83.1 Å². The summed E-state index contributed by atoms with van der Waals surface area (Å²) in [6, 6.07) is 5.86. The third-order valence-corrected chi connectivity index (χ3v) is 12.8. The van der Waals surface area contributed by atoms with Crippen LogP contribution in [0.15, 0.2) is 60.7 Å². The molecule has 8 N–H and O–H groups in total. The van der Waals surface area contributed by atoms with E-state index in [2.05, 4.69) is 42.5 Å². The van der Waals surface area contributed by atoms with Gasteiger partial charge in [0.25, 0.3) is 0 Å². The van der Waals surface area contributed by atoms with Crippen molar-refractivity contribution in [2.45, 2.75) is 103 Å². The van der Waals surface area contributed by atoms with E-state index in [9.17, 15) is 47.9 Å². The van der Waals surface area contributed by atoms with Gasteiger partial charge in [-0.05, 0) is 36.8 Å². The Kier molecular flexibility index (Phi) is 21.9. The zero-order valence-corrected chi connectivity index (χ0v) is 40.7. The van der Waals surface area contributed by atoms with E-state index in [-0.39, 0.29) is 29.8 Å². The van der Waals surface area contributed by atoms with E-state index in [0.29, 0.717) is 11.1 Å². The molecule has 0 unspecified atom stereocenters. The number of cyclic esters (lactones) is 2. The number of ether oxygens (including phenoxy) is 4. The van der Waals surface area contributed by atoms with Gasteiger partial charge in [-0.15, -0.1) is 23.5 Å². The van der Waals surface area contributed by atoms with E-state index in [1.165, 1.54) is 13.8 Å². The lowest BCUT2D eigenvalue weighted by Gasteiger charge is -2.27. The molecule has 0 radical (unpaired) electrons. The second-order valence-electron chi connectivity index (χ2n) is 16.7. The molecule has 24 heteroatoms. The molecule has 0 spiro atoms. The Balaban J connectivity index is 1.68. The van der Waals surface area contributed by atoms with Crippen LogP contribution in [-0.2, 0) is 70.5 Å². The molecule has 2 heterocycles. The summed E-state index contributed by atoms with van der Waals surface area (Å²) in [6.07, 6.45) is -2.14. The van der Waals surface area contributed by atoms with Gasteiger partial charge >= 0.3 is 24.1 Å². The number of benzene rings is 2. The quantitative estimate of drug-likeness (QED) is 0.131. The largest absolute Gasteiger partial charge is 0.461 e. The standard InChI is InChI=1S/C45H60N8O14S2/c1-24(2)34-42(60)64-19-30(50-44(62)66-17-28-13-9-7-10-14-28)38(56)46-27(6)37(55)49-33-22-69-23-68-21-32(40(58)52-34)48-36(54)26(5)47-39(57)31(20-65-43(61)35(25(3)4)53-41(33)59)51-45(63)67-18-29-15-11-8-12-16-29/h7-16,24-27,30-35H,17-23H2,1-6H3,(H,46,56)(H,47,57)(H,48,54)(H,49,55)(H,50,62)(H,51,63)(H,52,58)(H,53,59)/t26-,27-,30+,31+,32-,33-,34-,35-/m0/s1. The van der Waals surface area contributed by atoms with Crippen LogP contribution >= 0.6 is 23.5 Å². The number of carbonyl (C=O) groups is 10. The average molecular weight is 1000 g/mol. The normalized spacial score (nSPS) is 25.3. The Labute approximate surface area is 407 Å². The summed E-state index contributed by atoms with van der Waals surface area (Å²) in [5.41, 5.74) is 1.27. The first-order valence-electron chi connectivity index (χ1n) is 22.1. The molecule has 8 atom stereocenters. The molecular weight excluding hydrogens is 941 g/mol. The molecule has 2 saturated heterocycles. The lowest BCUT2D eigenvalue weighted by Crippen LogP contribution is -2.60. The molecule has 2 aromatic carbocycles. The van der Waals surface area contributed by atoms with Crippen LogP contribution in [0.25, 0.3) is 0 Å². The molecule has 2 aliphatic heterocycles. The van der Waals surface area contributed by atoms with Crippen LogP contribution in [0.5, 0.6) is 0 Å². The number of hydrogen-bond acceptors (Lipinski definition) is 16. The maximum atomic E-state index is 14.0. The van der Waals surface area contributed by atoms with E-state index >= 15 is 0 Å². The number of alkyl carbamates (subject to hydrolysis) is 2. The molecule has 0 aromatic heterocycles. The number of esters is 2. The molecule has 69 heavy (non-hydrogen) atoms. The topological polar surface area (TPSA) is 304 Å². The van der Waals surface area contributed by atoms with Crippen molar-refractivity contribution in [2.24, 2.45) is 11.8 Å². The second kappa shape index (κ2) is 27.4. The zero-order valence-electron chi connectivity index (χ0n) is 39.0. The van der Waals surface area contributed by atoms with E-state index in [4.69, 9.17) is 18.9 Å². The van der Waals surface area contributed by atoms with Crippen LogP contribution in [-0.4, -0.2) is 138 Å². The summed E-state index contributed by atoms with van der Waals surface area (Å²) in [5.74, 6) is -8.80. The predicted molar refractivity (Wildman–Crippen MR) is 251 cm³/mol. The van der Waals surface area contributed by atoms with Crippen molar-refractivity contribution in [3.63, 3.8) is 0 Å². The second-order valence-corrected chi connectivity index (χ2v) is 19.1. The molecule has 2 aromatic rings. The fourth-order valence-electron chi connectivity index (χ4n) is 6.30. The van der Waals surface area contributed by atoms with Gasteiger partial charge < -0.3 is 61.5 Å². The summed E-state index contributed by atoms with van der Waals surface area (Å²) in [4.78, 5) is 136. The van der Waals surface area contributed by atoms with Gasteiger partial charge in [-0.25, -0.2) is 19.2 Å². The van der Waals surface area contributed by atoms with Crippen molar-refractivity contribution in [3.8, 4) is 0 Å². The molecular formula is C45H60N8O14S2. The first-order chi connectivity index (χ1) is 32.8. The number of amides is 8. The average Bonchev–Trinajstić information content (AvgIpc) is 3.31. The van der Waals surface area contributed by atoms with Gasteiger partial charge in [-0.1, -0.05) is 88.4 Å². The maximum Gasteiger partial charge on any atom is 0.408 e. The third kappa shape index (κ3) is 18.1. The molecule has 376 valence electrons. The summed E-state index contributed by atoms with van der Waals surface area (Å²) in [7, 11) is 0. The van der Waals surface area contributed by atoms with E-state index in [0.717, 1.165) is 23.5 Å². The van der Waals surface area contributed by atoms with Gasteiger partial charge in [-0.3, -0.25) is 28.8 Å².